The molecule has 0 spiro atoms. The Kier molecular flexibility index (Phi) is 5.80. The predicted octanol–water partition coefficient (Wildman–Crippen LogP) is 4.07. The number of carbonyl (C=O) groups is 2. The average molecular weight is 363 g/mol. The molecule has 0 aliphatic heterocycles. The Morgan fingerprint density at radius 2 is 1.80 bits per heavy atom. The van der Waals surface area contributed by atoms with Gasteiger partial charge in [0.25, 0.3) is 0 Å². The third-order valence-electron chi connectivity index (χ3n) is 3.97. The summed E-state index contributed by atoms with van der Waals surface area (Å²) in [5.41, 5.74) is 0.422. The molecule has 0 radical (unpaired) electrons. The average Bonchev–Trinajstić information content (AvgIpc) is 2.56. The van der Waals surface area contributed by atoms with E-state index in [4.69, 9.17) is 11.6 Å². The maximum absolute atomic E-state index is 13.6. The third kappa shape index (κ3) is 4.57. The second-order valence-corrected chi connectivity index (χ2v) is 6.75. The Hall–Kier alpha value is -2.40. The molecule has 6 heteroatoms. The topological polar surface area (TPSA) is 58.2 Å². The maximum Gasteiger partial charge on any atom is 0.239 e. The van der Waals surface area contributed by atoms with Crippen LogP contribution in [0.3, 0.4) is 0 Å². The fourth-order valence-corrected chi connectivity index (χ4v) is 2.41. The fraction of sp³-hybridized carbons (Fsp3) is 0.263. The number of benzene rings is 2. The first-order valence-corrected chi connectivity index (χ1v) is 8.19. The molecule has 2 amide bonds. The molecule has 4 nitrogen and oxygen atoms in total. The molecule has 2 rings (SSSR count). The minimum Gasteiger partial charge on any atom is -0.351 e. The number of aryl methyl sites for hydroxylation is 1. The Balaban J connectivity index is 2.04. The highest BCUT2D eigenvalue weighted by molar-refractivity contribution is 6.30. The largest absolute Gasteiger partial charge is 0.351 e. The number of amides is 2. The molecule has 132 valence electrons. The van der Waals surface area contributed by atoms with Gasteiger partial charge in [0.1, 0.15) is 11.2 Å². The number of hydrogen-bond donors (Lipinski definition) is 2. The zero-order valence-corrected chi connectivity index (χ0v) is 15.1. The van der Waals surface area contributed by atoms with Crippen LogP contribution in [0, 0.1) is 18.2 Å². The predicted molar refractivity (Wildman–Crippen MR) is 96.8 cm³/mol. The van der Waals surface area contributed by atoms with E-state index in [1.54, 1.807) is 36.4 Å². The van der Waals surface area contributed by atoms with Crippen LogP contribution in [-0.4, -0.2) is 11.8 Å². The van der Waals surface area contributed by atoms with E-state index < -0.39 is 23.0 Å². The second-order valence-electron chi connectivity index (χ2n) is 6.31. The summed E-state index contributed by atoms with van der Waals surface area (Å²) >= 11 is 5.90. The van der Waals surface area contributed by atoms with E-state index in [0.29, 0.717) is 16.3 Å². The van der Waals surface area contributed by atoms with Crippen molar-refractivity contribution in [1.29, 1.82) is 0 Å². The lowest BCUT2D eigenvalue weighted by Gasteiger charge is -2.23. The summed E-state index contributed by atoms with van der Waals surface area (Å²) in [6.45, 7) is 4.86. The monoisotopic (exact) mass is 362 g/mol. The van der Waals surface area contributed by atoms with Crippen LogP contribution < -0.4 is 10.6 Å². The summed E-state index contributed by atoms with van der Waals surface area (Å²) in [6, 6.07) is 11.2. The van der Waals surface area contributed by atoms with Crippen molar-refractivity contribution < 1.29 is 14.0 Å². The van der Waals surface area contributed by atoms with E-state index in [-0.39, 0.29) is 6.54 Å². The second kappa shape index (κ2) is 7.66. The van der Waals surface area contributed by atoms with Gasteiger partial charge in [0, 0.05) is 22.8 Å². The van der Waals surface area contributed by atoms with E-state index in [1.165, 1.54) is 19.9 Å². The zero-order valence-electron chi connectivity index (χ0n) is 14.3. The van der Waals surface area contributed by atoms with Gasteiger partial charge >= 0.3 is 0 Å². The van der Waals surface area contributed by atoms with Gasteiger partial charge < -0.3 is 10.6 Å². The quantitative estimate of drug-likeness (QED) is 0.788. The molecule has 0 heterocycles. The highest BCUT2D eigenvalue weighted by atomic mass is 35.5. The number of rotatable bonds is 5. The molecule has 0 saturated heterocycles. The summed E-state index contributed by atoms with van der Waals surface area (Å²) in [7, 11) is 0. The molecule has 2 aromatic carbocycles. The van der Waals surface area contributed by atoms with Gasteiger partial charge in [0.05, 0.1) is 0 Å². The van der Waals surface area contributed by atoms with E-state index in [2.05, 4.69) is 10.6 Å². The molecule has 2 aromatic rings. The first kappa shape index (κ1) is 18.9. The van der Waals surface area contributed by atoms with Gasteiger partial charge in [-0.15, -0.1) is 0 Å². The molecular formula is C19H20ClFN2O2. The van der Waals surface area contributed by atoms with Crippen molar-refractivity contribution in [1.82, 2.24) is 5.32 Å². The van der Waals surface area contributed by atoms with E-state index >= 15 is 0 Å². The first-order valence-electron chi connectivity index (χ1n) is 7.81. The van der Waals surface area contributed by atoms with Gasteiger partial charge in [-0.05, 0) is 50.6 Å². The van der Waals surface area contributed by atoms with Crippen LogP contribution in [0.15, 0.2) is 42.5 Å². The van der Waals surface area contributed by atoms with Crippen LogP contribution >= 0.6 is 11.6 Å². The summed E-state index contributed by atoms with van der Waals surface area (Å²) in [5, 5.41) is 5.91. The third-order valence-corrected chi connectivity index (χ3v) is 4.20. The van der Waals surface area contributed by atoms with Gasteiger partial charge in [-0.2, -0.15) is 0 Å². The summed E-state index contributed by atoms with van der Waals surface area (Å²) in [4.78, 5) is 24.9. The van der Waals surface area contributed by atoms with Gasteiger partial charge in [0.2, 0.25) is 11.8 Å². The molecule has 0 unspecified atom stereocenters. The van der Waals surface area contributed by atoms with Crippen molar-refractivity contribution >= 4 is 29.1 Å². The summed E-state index contributed by atoms with van der Waals surface area (Å²) < 4.78 is 13.6. The van der Waals surface area contributed by atoms with Crippen molar-refractivity contribution in [2.75, 3.05) is 5.32 Å². The van der Waals surface area contributed by atoms with Crippen LogP contribution in [-0.2, 0) is 16.1 Å². The van der Waals surface area contributed by atoms with Gasteiger partial charge in [-0.1, -0.05) is 29.8 Å². The molecule has 0 saturated carbocycles. The van der Waals surface area contributed by atoms with E-state index in [0.717, 1.165) is 5.56 Å². The highest BCUT2D eigenvalue weighted by Gasteiger charge is 2.36. The number of anilines is 1. The van der Waals surface area contributed by atoms with Crippen molar-refractivity contribution in [2.24, 2.45) is 5.41 Å². The minimum atomic E-state index is -1.32. The molecule has 2 N–H and O–H groups in total. The molecule has 0 aromatic heterocycles. The normalized spacial score (nSPS) is 11.1. The van der Waals surface area contributed by atoms with Crippen LogP contribution in [0.1, 0.15) is 25.0 Å². The van der Waals surface area contributed by atoms with Crippen molar-refractivity contribution in [3.05, 3.63) is 64.4 Å². The molecule has 0 aliphatic carbocycles. The number of nitrogens with one attached hydrogen (secondary N) is 2. The van der Waals surface area contributed by atoms with E-state index in [1.807, 2.05) is 6.92 Å². The molecule has 0 atom stereocenters. The number of carbonyl (C=O) groups excluding carboxylic acids is 2. The molecular weight excluding hydrogens is 343 g/mol. The fourth-order valence-electron chi connectivity index (χ4n) is 2.19. The van der Waals surface area contributed by atoms with Gasteiger partial charge in [-0.3, -0.25) is 9.59 Å². The number of halogens is 2. The summed E-state index contributed by atoms with van der Waals surface area (Å²) in [5.74, 6) is -1.34. The lowest BCUT2D eigenvalue weighted by Crippen LogP contribution is -2.45. The molecule has 25 heavy (non-hydrogen) atoms. The SMILES string of the molecule is Cc1cc(Cl)ccc1NC(=O)C(C)(C)C(=O)NCc1ccccc1F. The van der Waals surface area contributed by atoms with Crippen molar-refractivity contribution in [3.8, 4) is 0 Å². The van der Waals surface area contributed by atoms with Crippen LogP contribution in [0.2, 0.25) is 5.02 Å². The Bertz CT molecular complexity index is 806. The number of hydrogen-bond acceptors (Lipinski definition) is 2. The highest BCUT2D eigenvalue weighted by Crippen LogP contribution is 2.23. The van der Waals surface area contributed by atoms with Crippen LogP contribution in [0.25, 0.3) is 0 Å². The smallest absolute Gasteiger partial charge is 0.239 e. The lowest BCUT2D eigenvalue weighted by atomic mass is 9.90. The molecule has 0 fully saturated rings. The Morgan fingerprint density at radius 1 is 1.12 bits per heavy atom. The summed E-state index contributed by atoms with van der Waals surface area (Å²) in [6.07, 6.45) is 0. The van der Waals surface area contributed by atoms with Crippen molar-refractivity contribution in [3.63, 3.8) is 0 Å². The van der Waals surface area contributed by atoms with Gasteiger partial charge in [0.15, 0.2) is 0 Å². The van der Waals surface area contributed by atoms with Gasteiger partial charge in [-0.25, -0.2) is 4.39 Å². The molecule has 0 bridgehead atoms. The first-order chi connectivity index (χ1) is 11.7. The van der Waals surface area contributed by atoms with Crippen LogP contribution in [0.5, 0.6) is 0 Å². The minimum absolute atomic E-state index is 0.0161. The van der Waals surface area contributed by atoms with Crippen molar-refractivity contribution in [2.45, 2.75) is 27.3 Å². The lowest BCUT2D eigenvalue weighted by molar-refractivity contribution is -0.138. The standard InChI is InChI=1S/C19H20ClFN2O2/c1-12-10-14(20)8-9-16(12)23-18(25)19(2,3)17(24)22-11-13-6-4-5-7-15(13)21/h4-10H,11H2,1-3H3,(H,22,24)(H,23,25). The van der Waals surface area contributed by atoms with Crippen LogP contribution in [0.4, 0.5) is 10.1 Å². The van der Waals surface area contributed by atoms with E-state index in [9.17, 15) is 14.0 Å². The zero-order chi connectivity index (χ0) is 18.6. The maximum atomic E-state index is 13.6. The Labute approximate surface area is 151 Å². The Morgan fingerprint density at radius 3 is 2.44 bits per heavy atom. The molecule has 0 aliphatic rings.